The maximum Gasteiger partial charge on any atom is 0.264 e. The van der Waals surface area contributed by atoms with Gasteiger partial charge in [0.25, 0.3) is 5.89 Å². The van der Waals surface area contributed by atoms with Gasteiger partial charge in [-0.05, 0) is 18.9 Å². The van der Waals surface area contributed by atoms with Crippen LogP contribution in [-0.4, -0.2) is 28.0 Å². The fraction of sp³-hybridized carbons (Fsp3) is 0.462. The molecule has 6 heteroatoms. The van der Waals surface area contributed by atoms with Crippen LogP contribution in [0.5, 0.6) is 0 Å². The minimum Gasteiger partial charge on any atom is -0.419 e. The average Bonchev–Trinajstić information content (AvgIpc) is 3.06. The SMILES string of the molecule is Cn1cc(C#N)cc1-c1nnc(C2CCCOC2)o1. The highest BCUT2D eigenvalue weighted by atomic mass is 16.5. The number of nitrogens with zero attached hydrogens (tertiary/aromatic N) is 4. The lowest BCUT2D eigenvalue weighted by Crippen LogP contribution is -2.15. The fourth-order valence-corrected chi connectivity index (χ4v) is 2.28. The van der Waals surface area contributed by atoms with Crippen molar-refractivity contribution in [2.24, 2.45) is 7.05 Å². The Bertz CT molecular complexity index is 617. The molecule has 1 saturated heterocycles. The molecule has 0 radical (unpaired) electrons. The summed E-state index contributed by atoms with van der Waals surface area (Å²) >= 11 is 0. The zero-order chi connectivity index (χ0) is 13.2. The Balaban J connectivity index is 1.88. The number of hydrogen-bond donors (Lipinski definition) is 0. The van der Waals surface area contributed by atoms with Crippen molar-refractivity contribution in [2.45, 2.75) is 18.8 Å². The number of aryl methyl sites for hydroxylation is 1. The molecule has 1 aliphatic heterocycles. The van der Waals surface area contributed by atoms with E-state index in [0.29, 0.717) is 24.0 Å². The van der Waals surface area contributed by atoms with E-state index in [4.69, 9.17) is 14.4 Å². The molecule has 2 aromatic rings. The second kappa shape index (κ2) is 4.86. The molecule has 3 rings (SSSR count). The predicted octanol–water partition coefficient (Wildman–Crippen LogP) is 1.84. The summed E-state index contributed by atoms with van der Waals surface area (Å²) in [5.74, 6) is 1.25. The van der Waals surface area contributed by atoms with Crippen molar-refractivity contribution >= 4 is 0 Å². The minimum atomic E-state index is 0.186. The second-order valence-electron chi connectivity index (χ2n) is 4.70. The first-order valence-corrected chi connectivity index (χ1v) is 6.26. The summed E-state index contributed by atoms with van der Waals surface area (Å²) in [6.07, 6.45) is 3.77. The molecule has 2 aromatic heterocycles. The summed E-state index contributed by atoms with van der Waals surface area (Å²) in [6, 6.07) is 3.84. The highest BCUT2D eigenvalue weighted by Crippen LogP contribution is 2.27. The van der Waals surface area contributed by atoms with Crippen molar-refractivity contribution in [3.05, 3.63) is 23.7 Å². The number of hydrogen-bond acceptors (Lipinski definition) is 5. The topological polar surface area (TPSA) is 76.9 Å². The molecule has 1 aliphatic rings. The maximum absolute atomic E-state index is 8.88. The number of nitriles is 1. The van der Waals surface area contributed by atoms with Crippen molar-refractivity contribution in [1.29, 1.82) is 5.26 Å². The Labute approximate surface area is 110 Å². The van der Waals surface area contributed by atoms with Crippen LogP contribution < -0.4 is 0 Å². The first kappa shape index (κ1) is 11.9. The molecule has 6 nitrogen and oxygen atoms in total. The molecule has 1 unspecified atom stereocenters. The van der Waals surface area contributed by atoms with E-state index in [9.17, 15) is 0 Å². The van der Waals surface area contributed by atoms with Gasteiger partial charge < -0.3 is 13.7 Å². The lowest BCUT2D eigenvalue weighted by molar-refractivity contribution is 0.0727. The molecule has 0 amide bonds. The van der Waals surface area contributed by atoms with E-state index in [1.807, 2.05) is 11.6 Å². The lowest BCUT2D eigenvalue weighted by Gasteiger charge is -2.18. The zero-order valence-electron chi connectivity index (χ0n) is 10.7. The van der Waals surface area contributed by atoms with Gasteiger partial charge in [0.15, 0.2) is 0 Å². The van der Waals surface area contributed by atoms with E-state index in [-0.39, 0.29) is 5.92 Å². The monoisotopic (exact) mass is 258 g/mol. The van der Waals surface area contributed by atoms with Gasteiger partial charge in [0.05, 0.1) is 18.1 Å². The number of ether oxygens (including phenoxy) is 1. The first-order valence-electron chi connectivity index (χ1n) is 6.26. The first-order chi connectivity index (χ1) is 9.28. The van der Waals surface area contributed by atoms with Gasteiger partial charge in [-0.1, -0.05) is 0 Å². The van der Waals surface area contributed by atoms with Crippen LogP contribution in [0.1, 0.15) is 30.2 Å². The molecular formula is C13H14N4O2. The Morgan fingerprint density at radius 2 is 2.37 bits per heavy atom. The molecular weight excluding hydrogens is 244 g/mol. The van der Waals surface area contributed by atoms with Gasteiger partial charge in [-0.3, -0.25) is 0 Å². The van der Waals surface area contributed by atoms with E-state index in [1.165, 1.54) is 0 Å². The average molecular weight is 258 g/mol. The largest absolute Gasteiger partial charge is 0.419 e. The Kier molecular flexibility index (Phi) is 3.05. The third kappa shape index (κ3) is 2.25. The summed E-state index contributed by atoms with van der Waals surface area (Å²) in [4.78, 5) is 0. The van der Waals surface area contributed by atoms with Crippen LogP contribution in [-0.2, 0) is 11.8 Å². The third-order valence-electron chi connectivity index (χ3n) is 3.30. The van der Waals surface area contributed by atoms with Crippen LogP contribution >= 0.6 is 0 Å². The normalized spacial score (nSPS) is 19.3. The van der Waals surface area contributed by atoms with Gasteiger partial charge in [-0.15, -0.1) is 10.2 Å². The Morgan fingerprint density at radius 3 is 3.05 bits per heavy atom. The van der Waals surface area contributed by atoms with Crippen molar-refractivity contribution < 1.29 is 9.15 Å². The third-order valence-corrected chi connectivity index (χ3v) is 3.30. The van der Waals surface area contributed by atoms with Gasteiger partial charge >= 0.3 is 0 Å². The molecule has 0 aliphatic carbocycles. The van der Waals surface area contributed by atoms with Crippen LogP contribution in [0.25, 0.3) is 11.6 Å². The second-order valence-corrected chi connectivity index (χ2v) is 4.70. The Hall–Kier alpha value is -2.13. The highest BCUT2D eigenvalue weighted by molar-refractivity contribution is 5.52. The molecule has 0 bridgehead atoms. The molecule has 0 aromatic carbocycles. The molecule has 0 spiro atoms. The highest BCUT2D eigenvalue weighted by Gasteiger charge is 2.23. The van der Waals surface area contributed by atoms with Crippen LogP contribution in [0.4, 0.5) is 0 Å². The van der Waals surface area contributed by atoms with Gasteiger partial charge in [0, 0.05) is 19.9 Å². The van der Waals surface area contributed by atoms with Gasteiger partial charge in [0.2, 0.25) is 5.89 Å². The van der Waals surface area contributed by atoms with Crippen LogP contribution in [0.2, 0.25) is 0 Å². The van der Waals surface area contributed by atoms with E-state index in [2.05, 4.69) is 16.3 Å². The van der Waals surface area contributed by atoms with Gasteiger partial charge in [0.1, 0.15) is 11.8 Å². The smallest absolute Gasteiger partial charge is 0.264 e. The molecule has 1 fully saturated rings. The predicted molar refractivity (Wildman–Crippen MR) is 66.2 cm³/mol. The van der Waals surface area contributed by atoms with E-state index in [0.717, 1.165) is 25.1 Å². The molecule has 0 saturated carbocycles. The van der Waals surface area contributed by atoms with Crippen molar-refractivity contribution in [1.82, 2.24) is 14.8 Å². The van der Waals surface area contributed by atoms with Crippen molar-refractivity contribution in [3.63, 3.8) is 0 Å². The minimum absolute atomic E-state index is 0.186. The van der Waals surface area contributed by atoms with Crippen LogP contribution in [0.3, 0.4) is 0 Å². The summed E-state index contributed by atoms with van der Waals surface area (Å²) in [5.41, 5.74) is 1.34. The van der Waals surface area contributed by atoms with Crippen molar-refractivity contribution in [3.8, 4) is 17.7 Å². The number of rotatable bonds is 2. The number of aromatic nitrogens is 3. The van der Waals surface area contributed by atoms with Crippen LogP contribution in [0, 0.1) is 11.3 Å². The molecule has 3 heterocycles. The van der Waals surface area contributed by atoms with Gasteiger partial charge in [-0.25, -0.2) is 0 Å². The van der Waals surface area contributed by atoms with Crippen molar-refractivity contribution in [2.75, 3.05) is 13.2 Å². The molecule has 19 heavy (non-hydrogen) atoms. The fourth-order valence-electron chi connectivity index (χ4n) is 2.28. The quantitative estimate of drug-likeness (QED) is 0.821. The standard InChI is InChI=1S/C13H14N4O2/c1-17-7-9(6-14)5-11(17)13-16-15-12(19-13)10-3-2-4-18-8-10/h5,7,10H,2-4,8H2,1H3. The van der Waals surface area contributed by atoms with E-state index in [1.54, 1.807) is 12.3 Å². The van der Waals surface area contributed by atoms with Gasteiger partial charge in [-0.2, -0.15) is 5.26 Å². The molecule has 98 valence electrons. The summed E-state index contributed by atoms with van der Waals surface area (Å²) in [7, 11) is 1.85. The van der Waals surface area contributed by atoms with E-state index < -0.39 is 0 Å². The molecule has 0 N–H and O–H groups in total. The summed E-state index contributed by atoms with van der Waals surface area (Å²) in [6.45, 7) is 1.44. The zero-order valence-corrected chi connectivity index (χ0v) is 10.7. The summed E-state index contributed by atoms with van der Waals surface area (Å²) in [5, 5.41) is 17.1. The Morgan fingerprint density at radius 1 is 1.47 bits per heavy atom. The van der Waals surface area contributed by atoms with E-state index >= 15 is 0 Å². The van der Waals surface area contributed by atoms with Crippen LogP contribution in [0.15, 0.2) is 16.7 Å². The molecule has 1 atom stereocenters. The maximum atomic E-state index is 8.88. The lowest BCUT2D eigenvalue weighted by atomic mass is 10.0. The summed E-state index contributed by atoms with van der Waals surface area (Å²) < 4.78 is 12.9.